The van der Waals surface area contributed by atoms with Gasteiger partial charge in [0.15, 0.2) is 5.76 Å². The van der Waals surface area contributed by atoms with Crippen LogP contribution in [-0.2, 0) is 11.2 Å². The second-order valence-electron chi connectivity index (χ2n) is 7.43. The van der Waals surface area contributed by atoms with E-state index in [1.807, 2.05) is 37.3 Å². The lowest BCUT2D eigenvalue weighted by atomic mass is 9.95. The molecular formula is C24H21ClN2O3S. The highest BCUT2D eigenvalue weighted by molar-refractivity contribution is 7.14. The molecule has 1 amide bonds. The molecule has 1 aliphatic heterocycles. The number of benzene rings is 2. The van der Waals surface area contributed by atoms with E-state index in [-0.39, 0.29) is 11.4 Å². The predicted octanol–water partition coefficient (Wildman–Crippen LogP) is 5.23. The maximum Gasteiger partial charge on any atom is 0.290 e. The van der Waals surface area contributed by atoms with Crippen molar-refractivity contribution in [1.29, 1.82) is 0 Å². The first-order valence-electron chi connectivity index (χ1n) is 9.89. The van der Waals surface area contributed by atoms with Crippen molar-refractivity contribution in [2.24, 2.45) is 0 Å². The molecule has 0 radical (unpaired) electrons. The molecule has 1 N–H and O–H groups in total. The highest BCUT2D eigenvalue weighted by Crippen LogP contribution is 2.40. The average molecular weight is 453 g/mol. The van der Waals surface area contributed by atoms with Crippen molar-refractivity contribution in [2.75, 3.05) is 6.54 Å². The summed E-state index contributed by atoms with van der Waals surface area (Å²) in [5.74, 6) is -1.40. The lowest BCUT2D eigenvalue weighted by Gasteiger charge is -2.27. The molecule has 1 aliphatic rings. The molecule has 5 nitrogen and oxygen atoms in total. The third-order valence-corrected chi connectivity index (χ3v) is 6.65. The molecule has 2 aromatic carbocycles. The molecule has 0 bridgehead atoms. The van der Waals surface area contributed by atoms with Gasteiger partial charge in [0.05, 0.1) is 27.2 Å². The minimum absolute atomic E-state index is 0.0899. The molecule has 0 saturated heterocycles. The molecular weight excluding hydrogens is 432 g/mol. The Balaban J connectivity index is 1.74. The summed E-state index contributed by atoms with van der Waals surface area (Å²) in [5.41, 5.74) is 2.47. The van der Waals surface area contributed by atoms with Crippen LogP contribution in [0.25, 0.3) is 0 Å². The fourth-order valence-electron chi connectivity index (χ4n) is 3.87. The molecule has 3 aromatic rings. The number of Topliss-reactive ketones (excluding diaryl/α,β-unsaturated/α-hetero) is 1. The summed E-state index contributed by atoms with van der Waals surface area (Å²) in [7, 11) is 0. The van der Waals surface area contributed by atoms with Crippen LogP contribution in [0, 0.1) is 13.8 Å². The zero-order valence-corrected chi connectivity index (χ0v) is 18.7. The van der Waals surface area contributed by atoms with Crippen LogP contribution in [0.1, 0.15) is 37.5 Å². The molecule has 1 unspecified atom stereocenters. The number of hydrogen-bond acceptors (Lipinski definition) is 5. The summed E-state index contributed by atoms with van der Waals surface area (Å²) in [6, 6.07) is 16.1. The number of aryl methyl sites for hydroxylation is 2. The number of carbonyl (C=O) groups excluding carboxylic acids is 2. The topological polar surface area (TPSA) is 70.5 Å². The van der Waals surface area contributed by atoms with Crippen LogP contribution in [-0.4, -0.2) is 33.2 Å². The summed E-state index contributed by atoms with van der Waals surface area (Å²) in [6.45, 7) is 3.94. The monoisotopic (exact) mass is 452 g/mol. The SMILES string of the molecule is Cc1nc(C)c(C(=O)C2=C(O)C(=O)N(CCc3ccccc3)C2c2ccc(Cl)cc2)s1. The highest BCUT2D eigenvalue weighted by Gasteiger charge is 2.44. The maximum absolute atomic E-state index is 13.5. The normalized spacial score (nSPS) is 16.3. The van der Waals surface area contributed by atoms with Crippen molar-refractivity contribution >= 4 is 34.6 Å². The summed E-state index contributed by atoms with van der Waals surface area (Å²) in [5, 5.41) is 12.1. The summed E-state index contributed by atoms with van der Waals surface area (Å²) >= 11 is 7.32. The minimum atomic E-state index is -0.692. The van der Waals surface area contributed by atoms with Gasteiger partial charge in [-0.1, -0.05) is 54.1 Å². The van der Waals surface area contributed by atoms with Crippen LogP contribution in [0.2, 0.25) is 5.02 Å². The molecule has 0 saturated carbocycles. The Bertz CT molecular complexity index is 1170. The van der Waals surface area contributed by atoms with Crippen LogP contribution >= 0.6 is 22.9 Å². The Kier molecular flexibility index (Phi) is 5.94. The Hall–Kier alpha value is -2.96. The van der Waals surface area contributed by atoms with E-state index in [1.165, 1.54) is 11.3 Å². The standard InChI is InChI=1S/C24H21ClN2O3S/c1-14-23(31-15(2)26-14)21(28)19-20(17-8-10-18(25)11-9-17)27(24(30)22(19)29)13-12-16-6-4-3-5-7-16/h3-11,20,29H,12-13H2,1-2H3. The number of hydrogen-bond donors (Lipinski definition) is 1. The van der Waals surface area contributed by atoms with E-state index in [1.54, 1.807) is 36.1 Å². The molecule has 0 spiro atoms. The molecule has 1 atom stereocenters. The Morgan fingerprint density at radius 1 is 1.13 bits per heavy atom. The van der Waals surface area contributed by atoms with Gasteiger partial charge in [0, 0.05) is 11.6 Å². The third-order valence-electron chi connectivity index (χ3n) is 5.33. The number of aliphatic hydroxyl groups excluding tert-OH is 1. The van der Waals surface area contributed by atoms with Gasteiger partial charge >= 0.3 is 0 Å². The van der Waals surface area contributed by atoms with Crippen LogP contribution in [0.4, 0.5) is 0 Å². The summed E-state index contributed by atoms with van der Waals surface area (Å²) in [6.07, 6.45) is 0.601. The van der Waals surface area contributed by atoms with Gasteiger partial charge in [-0.25, -0.2) is 4.98 Å². The highest BCUT2D eigenvalue weighted by atomic mass is 35.5. The molecule has 0 aliphatic carbocycles. The van der Waals surface area contributed by atoms with Crippen molar-refractivity contribution < 1.29 is 14.7 Å². The second-order valence-corrected chi connectivity index (χ2v) is 9.07. The molecule has 7 heteroatoms. The van der Waals surface area contributed by atoms with Gasteiger partial charge in [-0.2, -0.15) is 0 Å². The van der Waals surface area contributed by atoms with Gasteiger partial charge in [-0.3, -0.25) is 9.59 Å². The first-order valence-corrected chi connectivity index (χ1v) is 11.1. The van der Waals surface area contributed by atoms with E-state index >= 15 is 0 Å². The van der Waals surface area contributed by atoms with Gasteiger partial charge in [0.25, 0.3) is 5.91 Å². The smallest absolute Gasteiger partial charge is 0.290 e. The van der Waals surface area contributed by atoms with Gasteiger partial charge < -0.3 is 10.0 Å². The van der Waals surface area contributed by atoms with Gasteiger partial charge in [0.2, 0.25) is 5.78 Å². The van der Waals surface area contributed by atoms with Crippen LogP contribution in [0.3, 0.4) is 0 Å². The largest absolute Gasteiger partial charge is 0.503 e. The first-order chi connectivity index (χ1) is 14.9. The van der Waals surface area contributed by atoms with Crippen LogP contribution < -0.4 is 0 Å². The average Bonchev–Trinajstić information content (AvgIpc) is 3.23. The second kappa shape index (κ2) is 8.65. The number of aliphatic hydroxyl groups is 1. The van der Waals surface area contributed by atoms with E-state index in [9.17, 15) is 14.7 Å². The molecule has 2 heterocycles. The van der Waals surface area contributed by atoms with Gasteiger partial charge in [-0.15, -0.1) is 11.3 Å². The van der Waals surface area contributed by atoms with Crippen molar-refractivity contribution in [2.45, 2.75) is 26.3 Å². The summed E-state index contributed by atoms with van der Waals surface area (Å²) < 4.78 is 0. The Morgan fingerprint density at radius 2 is 1.81 bits per heavy atom. The van der Waals surface area contributed by atoms with Crippen LogP contribution in [0.15, 0.2) is 65.9 Å². The lowest BCUT2D eigenvalue weighted by Crippen LogP contribution is -2.33. The molecule has 0 fully saturated rings. The van der Waals surface area contributed by atoms with E-state index in [0.29, 0.717) is 28.6 Å². The van der Waals surface area contributed by atoms with Crippen molar-refractivity contribution in [3.8, 4) is 0 Å². The predicted molar refractivity (Wildman–Crippen MR) is 122 cm³/mol. The van der Waals surface area contributed by atoms with Gasteiger partial charge in [0.1, 0.15) is 0 Å². The fourth-order valence-corrected chi connectivity index (χ4v) is 4.87. The third kappa shape index (κ3) is 4.13. The van der Waals surface area contributed by atoms with Crippen molar-refractivity contribution in [1.82, 2.24) is 9.88 Å². The van der Waals surface area contributed by atoms with E-state index < -0.39 is 17.7 Å². The van der Waals surface area contributed by atoms with E-state index in [2.05, 4.69) is 4.98 Å². The number of nitrogens with zero attached hydrogens (tertiary/aromatic N) is 2. The molecule has 31 heavy (non-hydrogen) atoms. The van der Waals surface area contributed by atoms with E-state index in [0.717, 1.165) is 16.1 Å². The quantitative estimate of drug-likeness (QED) is 0.519. The number of rotatable bonds is 6. The lowest BCUT2D eigenvalue weighted by molar-refractivity contribution is -0.129. The molecule has 4 rings (SSSR count). The number of halogens is 1. The Labute approximate surface area is 189 Å². The first kappa shape index (κ1) is 21.3. The van der Waals surface area contributed by atoms with E-state index in [4.69, 9.17) is 11.6 Å². The number of amides is 1. The number of carbonyl (C=O) groups is 2. The minimum Gasteiger partial charge on any atom is -0.503 e. The number of ketones is 1. The van der Waals surface area contributed by atoms with Gasteiger partial charge in [-0.05, 0) is 43.5 Å². The molecule has 158 valence electrons. The number of thiazole rings is 1. The van der Waals surface area contributed by atoms with Crippen molar-refractivity contribution in [3.63, 3.8) is 0 Å². The number of aromatic nitrogens is 1. The Morgan fingerprint density at radius 3 is 2.42 bits per heavy atom. The fraction of sp³-hybridized carbons (Fsp3) is 0.208. The summed E-state index contributed by atoms with van der Waals surface area (Å²) in [4.78, 5) is 32.8. The van der Waals surface area contributed by atoms with Crippen LogP contribution in [0.5, 0.6) is 0 Å². The zero-order chi connectivity index (χ0) is 22.1. The zero-order valence-electron chi connectivity index (χ0n) is 17.1. The van der Waals surface area contributed by atoms with Crippen molar-refractivity contribution in [3.05, 3.63) is 97.7 Å². The maximum atomic E-state index is 13.5. The molecule has 1 aromatic heterocycles.